The van der Waals surface area contributed by atoms with Gasteiger partial charge in [0.15, 0.2) is 5.60 Å². The monoisotopic (exact) mass is 222 g/mol. The van der Waals surface area contributed by atoms with Crippen LogP contribution in [0.15, 0.2) is 6.07 Å². The molecule has 0 fully saturated rings. The normalized spacial score (nSPS) is 20.4. The number of aryl methyl sites for hydroxylation is 2. The number of hydrogen-bond donors (Lipinski definition) is 2. The third kappa shape index (κ3) is 1.22. The SMILES string of the molecule is Cc1cc(C)c2c(c1C)OC(C)(C)C2(O)O. The fourth-order valence-corrected chi connectivity index (χ4v) is 2.24. The van der Waals surface area contributed by atoms with Crippen molar-refractivity contribution in [3.63, 3.8) is 0 Å². The first kappa shape index (κ1) is 11.4. The Kier molecular flexibility index (Phi) is 2.14. The van der Waals surface area contributed by atoms with Gasteiger partial charge in [0.1, 0.15) is 5.75 Å². The van der Waals surface area contributed by atoms with Gasteiger partial charge in [-0.3, -0.25) is 0 Å². The molecule has 3 nitrogen and oxygen atoms in total. The number of aliphatic hydroxyl groups is 2. The van der Waals surface area contributed by atoms with Crippen LogP contribution in [-0.2, 0) is 5.79 Å². The molecule has 1 heterocycles. The van der Waals surface area contributed by atoms with Crippen molar-refractivity contribution in [2.45, 2.75) is 46.0 Å². The quantitative estimate of drug-likeness (QED) is 0.659. The van der Waals surface area contributed by atoms with Crippen molar-refractivity contribution in [1.29, 1.82) is 0 Å². The second-order valence-corrected chi connectivity index (χ2v) is 5.12. The summed E-state index contributed by atoms with van der Waals surface area (Å²) in [6.07, 6.45) is 0. The Morgan fingerprint density at radius 3 is 2.19 bits per heavy atom. The van der Waals surface area contributed by atoms with Crippen molar-refractivity contribution in [2.75, 3.05) is 0 Å². The highest BCUT2D eigenvalue weighted by Crippen LogP contribution is 2.49. The zero-order valence-corrected chi connectivity index (χ0v) is 10.4. The van der Waals surface area contributed by atoms with E-state index >= 15 is 0 Å². The van der Waals surface area contributed by atoms with Crippen molar-refractivity contribution in [3.05, 3.63) is 28.3 Å². The molecule has 1 aromatic rings. The molecular weight excluding hydrogens is 204 g/mol. The van der Waals surface area contributed by atoms with Gasteiger partial charge in [-0.25, -0.2) is 0 Å². The molecule has 0 saturated heterocycles. The molecule has 3 heteroatoms. The van der Waals surface area contributed by atoms with E-state index in [2.05, 4.69) is 0 Å². The van der Waals surface area contributed by atoms with Gasteiger partial charge in [0.05, 0.1) is 5.56 Å². The average Bonchev–Trinajstić information content (AvgIpc) is 2.30. The van der Waals surface area contributed by atoms with Crippen LogP contribution >= 0.6 is 0 Å². The molecule has 88 valence electrons. The maximum Gasteiger partial charge on any atom is 0.234 e. The van der Waals surface area contributed by atoms with Crippen LogP contribution in [0, 0.1) is 20.8 Å². The minimum absolute atomic E-state index is 0.501. The zero-order chi connectivity index (χ0) is 12.3. The summed E-state index contributed by atoms with van der Waals surface area (Å²) in [7, 11) is 0. The van der Waals surface area contributed by atoms with Crippen molar-refractivity contribution >= 4 is 0 Å². The van der Waals surface area contributed by atoms with Crippen LogP contribution in [0.5, 0.6) is 5.75 Å². The van der Waals surface area contributed by atoms with Gasteiger partial charge in [0.25, 0.3) is 0 Å². The lowest BCUT2D eigenvalue weighted by molar-refractivity contribution is -0.243. The maximum atomic E-state index is 10.2. The predicted molar refractivity (Wildman–Crippen MR) is 61.5 cm³/mol. The Balaban J connectivity index is 2.78. The smallest absolute Gasteiger partial charge is 0.234 e. The molecule has 2 rings (SSSR count). The first-order chi connectivity index (χ1) is 7.18. The van der Waals surface area contributed by atoms with E-state index in [9.17, 15) is 10.2 Å². The number of ether oxygens (including phenoxy) is 1. The van der Waals surface area contributed by atoms with Crippen molar-refractivity contribution < 1.29 is 14.9 Å². The molecule has 1 aromatic carbocycles. The Hall–Kier alpha value is -1.06. The molecule has 1 aliphatic rings. The lowest BCUT2D eigenvalue weighted by Crippen LogP contribution is -2.46. The average molecular weight is 222 g/mol. The van der Waals surface area contributed by atoms with E-state index < -0.39 is 11.4 Å². The third-order valence-corrected chi connectivity index (χ3v) is 3.53. The molecule has 0 bridgehead atoms. The Labute approximate surface area is 95.7 Å². The molecule has 1 aliphatic heterocycles. The van der Waals surface area contributed by atoms with Crippen LogP contribution in [0.4, 0.5) is 0 Å². The largest absolute Gasteiger partial charge is 0.481 e. The van der Waals surface area contributed by atoms with E-state index in [1.165, 1.54) is 0 Å². The number of benzene rings is 1. The molecule has 0 unspecified atom stereocenters. The third-order valence-electron chi connectivity index (χ3n) is 3.53. The Bertz CT molecular complexity index is 459. The van der Waals surface area contributed by atoms with Gasteiger partial charge in [-0.2, -0.15) is 0 Å². The van der Waals surface area contributed by atoms with Crippen LogP contribution in [-0.4, -0.2) is 15.8 Å². The van der Waals surface area contributed by atoms with Crippen molar-refractivity contribution in [1.82, 2.24) is 0 Å². The summed E-state index contributed by atoms with van der Waals surface area (Å²) in [6.45, 7) is 9.17. The highest BCUT2D eigenvalue weighted by molar-refractivity contribution is 5.55. The van der Waals surface area contributed by atoms with E-state index in [0.717, 1.165) is 16.7 Å². The van der Waals surface area contributed by atoms with E-state index in [1.54, 1.807) is 13.8 Å². The molecule has 0 saturated carbocycles. The summed E-state index contributed by atoms with van der Waals surface area (Å²) in [5.41, 5.74) is 2.41. The summed E-state index contributed by atoms with van der Waals surface area (Å²) < 4.78 is 5.70. The van der Waals surface area contributed by atoms with Gasteiger partial charge in [-0.05, 0) is 51.3 Å². The fourth-order valence-electron chi connectivity index (χ4n) is 2.24. The molecule has 16 heavy (non-hydrogen) atoms. The van der Waals surface area contributed by atoms with Crippen LogP contribution in [0.25, 0.3) is 0 Å². The highest BCUT2D eigenvalue weighted by atomic mass is 16.6. The van der Waals surface area contributed by atoms with Crippen LogP contribution in [0.3, 0.4) is 0 Å². The van der Waals surface area contributed by atoms with Crippen molar-refractivity contribution in [2.24, 2.45) is 0 Å². The van der Waals surface area contributed by atoms with Crippen LogP contribution < -0.4 is 4.74 Å². The summed E-state index contributed by atoms with van der Waals surface area (Å²) in [6, 6.07) is 1.96. The second kappa shape index (κ2) is 2.99. The lowest BCUT2D eigenvalue weighted by atomic mass is 9.88. The number of hydrogen-bond acceptors (Lipinski definition) is 3. The van der Waals surface area contributed by atoms with Crippen molar-refractivity contribution in [3.8, 4) is 5.75 Å². The zero-order valence-electron chi connectivity index (χ0n) is 10.4. The molecule has 2 N–H and O–H groups in total. The van der Waals surface area contributed by atoms with Gasteiger partial charge in [-0.15, -0.1) is 0 Å². The molecule has 0 amide bonds. The molecular formula is C13H18O3. The lowest BCUT2D eigenvalue weighted by Gasteiger charge is -2.30. The second-order valence-electron chi connectivity index (χ2n) is 5.12. The van der Waals surface area contributed by atoms with Gasteiger partial charge < -0.3 is 14.9 Å². The molecule has 0 aliphatic carbocycles. The fraction of sp³-hybridized carbons (Fsp3) is 0.538. The molecule has 0 spiro atoms. The number of rotatable bonds is 0. The van der Waals surface area contributed by atoms with Gasteiger partial charge in [0, 0.05) is 0 Å². The minimum Gasteiger partial charge on any atom is -0.481 e. The molecule has 0 atom stereocenters. The predicted octanol–water partition coefficient (Wildman–Crippen LogP) is 1.92. The molecule has 0 aromatic heterocycles. The molecule has 0 radical (unpaired) electrons. The summed E-state index contributed by atoms with van der Waals surface area (Å²) in [5.74, 6) is -1.31. The topological polar surface area (TPSA) is 49.7 Å². The summed E-state index contributed by atoms with van der Waals surface area (Å²) >= 11 is 0. The maximum absolute atomic E-state index is 10.2. The summed E-state index contributed by atoms with van der Waals surface area (Å²) in [4.78, 5) is 0. The van der Waals surface area contributed by atoms with E-state index in [-0.39, 0.29) is 0 Å². The Morgan fingerprint density at radius 1 is 1.06 bits per heavy atom. The van der Waals surface area contributed by atoms with E-state index in [1.807, 2.05) is 26.8 Å². The highest BCUT2D eigenvalue weighted by Gasteiger charge is 2.54. The van der Waals surface area contributed by atoms with Gasteiger partial charge in [-0.1, -0.05) is 6.07 Å². The minimum atomic E-state index is -1.93. The Morgan fingerprint density at radius 2 is 1.62 bits per heavy atom. The van der Waals surface area contributed by atoms with Crippen LogP contribution in [0.2, 0.25) is 0 Å². The van der Waals surface area contributed by atoms with Gasteiger partial charge in [0.2, 0.25) is 5.79 Å². The standard InChI is InChI=1S/C13H18O3/c1-7-6-8(2)10-11(9(7)3)16-12(4,5)13(10,14)15/h6,14-15H,1-5H3. The number of fused-ring (bicyclic) bond motifs is 1. The summed E-state index contributed by atoms with van der Waals surface area (Å²) in [5, 5.41) is 20.4. The first-order valence-electron chi connectivity index (χ1n) is 5.43. The first-order valence-corrected chi connectivity index (χ1v) is 5.43. The van der Waals surface area contributed by atoms with E-state index in [4.69, 9.17) is 4.74 Å². The van der Waals surface area contributed by atoms with Crippen LogP contribution in [0.1, 0.15) is 36.1 Å². The van der Waals surface area contributed by atoms with E-state index in [0.29, 0.717) is 11.3 Å². The van der Waals surface area contributed by atoms with Gasteiger partial charge >= 0.3 is 0 Å².